The number of aromatic nitrogens is 1. The third-order valence-corrected chi connectivity index (χ3v) is 4.01. The number of rotatable bonds is 5. The summed E-state index contributed by atoms with van der Waals surface area (Å²) in [6.45, 7) is -1.19. The Morgan fingerprint density at radius 2 is 2.04 bits per heavy atom. The molecule has 0 radical (unpaired) electrons. The Morgan fingerprint density at radius 3 is 2.82 bits per heavy atom. The average molecular weight is 403 g/mol. The maximum absolute atomic E-state index is 12.4. The zero-order chi connectivity index (χ0) is 20.1. The van der Waals surface area contributed by atoms with Crippen molar-refractivity contribution in [3.63, 3.8) is 0 Å². The van der Waals surface area contributed by atoms with Gasteiger partial charge in [-0.3, -0.25) is 29.1 Å². The summed E-state index contributed by atoms with van der Waals surface area (Å²) in [7, 11) is 0. The van der Waals surface area contributed by atoms with E-state index in [0.29, 0.717) is 16.4 Å². The highest BCUT2D eigenvalue weighted by molar-refractivity contribution is 6.30. The number of halogens is 1. The first-order valence-electron chi connectivity index (χ1n) is 8.18. The molecule has 0 atom stereocenters. The summed E-state index contributed by atoms with van der Waals surface area (Å²) in [6, 6.07) is 9.65. The molecule has 3 amide bonds. The van der Waals surface area contributed by atoms with E-state index < -0.39 is 30.9 Å². The lowest BCUT2D eigenvalue weighted by Crippen LogP contribution is -2.44. The number of amides is 3. The van der Waals surface area contributed by atoms with Gasteiger partial charge in [0.1, 0.15) is 18.8 Å². The molecule has 10 heteroatoms. The molecule has 0 saturated heterocycles. The van der Waals surface area contributed by atoms with Gasteiger partial charge in [0.2, 0.25) is 5.91 Å². The van der Waals surface area contributed by atoms with Gasteiger partial charge >= 0.3 is 5.97 Å². The molecule has 2 heterocycles. The third-order valence-electron chi connectivity index (χ3n) is 3.78. The van der Waals surface area contributed by atoms with E-state index in [1.54, 1.807) is 24.3 Å². The number of nitrogens with zero attached hydrogens (tertiary/aromatic N) is 2. The first-order chi connectivity index (χ1) is 13.4. The molecule has 0 fully saturated rings. The van der Waals surface area contributed by atoms with E-state index in [9.17, 15) is 19.2 Å². The molecule has 144 valence electrons. The van der Waals surface area contributed by atoms with Crippen molar-refractivity contribution in [1.29, 1.82) is 0 Å². The zero-order valence-corrected chi connectivity index (χ0v) is 15.2. The predicted molar refractivity (Wildman–Crippen MR) is 100.0 cm³/mol. The van der Waals surface area contributed by atoms with Crippen LogP contribution in [0.15, 0.2) is 42.6 Å². The van der Waals surface area contributed by atoms with Gasteiger partial charge in [0.05, 0.1) is 11.4 Å². The summed E-state index contributed by atoms with van der Waals surface area (Å²) in [4.78, 5) is 52.9. The standard InChI is InChI=1S/C18H15ClN4O5/c19-11-5-6-20-13(7-11)18(27)21-8-17(26)28-10-16(25)23-9-15(24)22-12-3-1-2-4-14(12)23/h1-7H,8-10H2,(H,21,27)(H,22,24). The Balaban J connectivity index is 1.51. The first kappa shape index (κ1) is 19.3. The molecule has 9 nitrogen and oxygen atoms in total. The Bertz CT molecular complexity index is 949. The molecule has 0 bridgehead atoms. The third kappa shape index (κ3) is 4.63. The van der Waals surface area contributed by atoms with Crippen molar-refractivity contribution in [3.05, 3.63) is 53.3 Å². The lowest BCUT2D eigenvalue weighted by Gasteiger charge is -2.28. The molecule has 0 saturated carbocycles. The minimum Gasteiger partial charge on any atom is -0.454 e. The molecule has 1 aliphatic heterocycles. The number of carbonyl (C=O) groups is 4. The number of anilines is 2. The van der Waals surface area contributed by atoms with Gasteiger partial charge < -0.3 is 15.4 Å². The minimum absolute atomic E-state index is 0.0484. The van der Waals surface area contributed by atoms with E-state index in [1.807, 2.05) is 0 Å². The fourth-order valence-electron chi connectivity index (χ4n) is 2.50. The van der Waals surface area contributed by atoms with Gasteiger partial charge in [0.25, 0.3) is 11.8 Å². The van der Waals surface area contributed by atoms with Crippen molar-refractivity contribution in [1.82, 2.24) is 10.3 Å². The van der Waals surface area contributed by atoms with Crippen LogP contribution in [-0.4, -0.2) is 48.4 Å². The molecule has 0 aliphatic carbocycles. The van der Waals surface area contributed by atoms with Gasteiger partial charge in [-0.25, -0.2) is 0 Å². The number of ether oxygens (including phenoxy) is 1. The van der Waals surface area contributed by atoms with Crippen LogP contribution >= 0.6 is 11.6 Å². The second kappa shape index (κ2) is 8.49. The molecule has 1 aromatic carbocycles. The van der Waals surface area contributed by atoms with Crippen molar-refractivity contribution >= 4 is 46.7 Å². The number of carbonyl (C=O) groups excluding carboxylic acids is 4. The molecular formula is C18H15ClN4O5. The minimum atomic E-state index is -0.807. The number of pyridine rings is 1. The van der Waals surface area contributed by atoms with Crippen molar-refractivity contribution < 1.29 is 23.9 Å². The van der Waals surface area contributed by atoms with E-state index in [0.717, 1.165) is 0 Å². The highest BCUT2D eigenvalue weighted by Crippen LogP contribution is 2.28. The number of hydrogen-bond donors (Lipinski definition) is 2. The smallest absolute Gasteiger partial charge is 0.325 e. The second-order valence-electron chi connectivity index (χ2n) is 5.75. The fourth-order valence-corrected chi connectivity index (χ4v) is 2.66. The van der Waals surface area contributed by atoms with Gasteiger partial charge in [0.15, 0.2) is 6.61 Å². The first-order valence-corrected chi connectivity index (χ1v) is 8.56. The van der Waals surface area contributed by atoms with Crippen LogP contribution in [-0.2, 0) is 19.1 Å². The van der Waals surface area contributed by atoms with Crippen molar-refractivity contribution in [3.8, 4) is 0 Å². The lowest BCUT2D eigenvalue weighted by atomic mass is 10.2. The van der Waals surface area contributed by atoms with Crippen molar-refractivity contribution in [2.45, 2.75) is 0 Å². The number of hydrogen-bond acceptors (Lipinski definition) is 6. The second-order valence-corrected chi connectivity index (χ2v) is 6.18. The molecule has 0 spiro atoms. The molecule has 3 rings (SSSR count). The van der Waals surface area contributed by atoms with Crippen LogP contribution in [0.25, 0.3) is 0 Å². The van der Waals surface area contributed by atoms with E-state index in [1.165, 1.54) is 23.2 Å². The molecule has 28 heavy (non-hydrogen) atoms. The van der Waals surface area contributed by atoms with E-state index in [-0.39, 0.29) is 18.1 Å². The fraction of sp³-hybridized carbons (Fsp3) is 0.167. The van der Waals surface area contributed by atoms with E-state index >= 15 is 0 Å². The van der Waals surface area contributed by atoms with Crippen LogP contribution < -0.4 is 15.5 Å². The SMILES string of the molecule is O=C1CN(C(=O)COC(=O)CNC(=O)c2cc(Cl)ccn2)c2ccccc2N1. The van der Waals surface area contributed by atoms with E-state index in [2.05, 4.69) is 15.6 Å². The largest absolute Gasteiger partial charge is 0.454 e. The van der Waals surface area contributed by atoms with Gasteiger partial charge in [-0.05, 0) is 24.3 Å². The van der Waals surface area contributed by atoms with Gasteiger partial charge in [-0.2, -0.15) is 0 Å². The highest BCUT2D eigenvalue weighted by atomic mass is 35.5. The molecule has 2 N–H and O–H groups in total. The summed E-state index contributed by atoms with van der Waals surface area (Å²) in [5, 5.41) is 5.32. The molecule has 0 unspecified atom stereocenters. The van der Waals surface area contributed by atoms with Gasteiger partial charge in [-0.1, -0.05) is 23.7 Å². The van der Waals surface area contributed by atoms with Gasteiger partial charge in [-0.15, -0.1) is 0 Å². The summed E-state index contributed by atoms with van der Waals surface area (Å²) in [6.07, 6.45) is 1.36. The Kier molecular flexibility index (Phi) is 5.85. The zero-order valence-electron chi connectivity index (χ0n) is 14.5. The van der Waals surface area contributed by atoms with Crippen LogP contribution in [0.4, 0.5) is 11.4 Å². The quantitative estimate of drug-likeness (QED) is 0.720. The number of benzene rings is 1. The Labute approximate surface area is 164 Å². The number of nitrogens with one attached hydrogen (secondary N) is 2. The maximum atomic E-state index is 12.4. The predicted octanol–water partition coefficient (Wildman–Crippen LogP) is 0.993. The molecular weight excluding hydrogens is 388 g/mol. The Morgan fingerprint density at radius 1 is 1.25 bits per heavy atom. The maximum Gasteiger partial charge on any atom is 0.325 e. The van der Waals surface area contributed by atoms with Crippen molar-refractivity contribution in [2.75, 3.05) is 29.9 Å². The Hall–Kier alpha value is -3.46. The molecule has 2 aromatic rings. The van der Waals surface area contributed by atoms with Crippen LogP contribution in [0.2, 0.25) is 5.02 Å². The normalized spacial score (nSPS) is 12.6. The van der Waals surface area contributed by atoms with Crippen LogP contribution in [0.1, 0.15) is 10.5 Å². The van der Waals surface area contributed by atoms with Crippen LogP contribution in [0.3, 0.4) is 0 Å². The van der Waals surface area contributed by atoms with E-state index in [4.69, 9.17) is 16.3 Å². The summed E-state index contributed by atoms with van der Waals surface area (Å²) >= 11 is 5.77. The van der Waals surface area contributed by atoms with Crippen LogP contribution in [0.5, 0.6) is 0 Å². The van der Waals surface area contributed by atoms with Gasteiger partial charge in [0, 0.05) is 11.2 Å². The monoisotopic (exact) mass is 402 g/mol. The average Bonchev–Trinajstić information content (AvgIpc) is 2.69. The van der Waals surface area contributed by atoms with Crippen molar-refractivity contribution in [2.24, 2.45) is 0 Å². The summed E-state index contributed by atoms with van der Waals surface area (Å²) < 4.78 is 4.89. The number of para-hydroxylation sites is 2. The summed E-state index contributed by atoms with van der Waals surface area (Å²) in [5.41, 5.74) is 1.07. The highest BCUT2D eigenvalue weighted by Gasteiger charge is 2.27. The number of esters is 1. The molecule has 1 aromatic heterocycles. The lowest BCUT2D eigenvalue weighted by molar-refractivity contribution is -0.146. The summed E-state index contributed by atoms with van der Waals surface area (Å²) in [5.74, 6) is -2.32. The topological polar surface area (TPSA) is 118 Å². The number of fused-ring (bicyclic) bond motifs is 1. The molecule has 1 aliphatic rings. The van der Waals surface area contributed by atoms with Crippen LogP contribution in [0, 0.1) is 0 Å².